The van der Waals surface area contributed by atoms with Crippen LogP contribution in [0.5, 0.6) is 0 Å². The summed E-state index contributed by atoms with van der Waals surface area (Å²) in [5.41, 5.74) is 1.30. The first-order valence-electron chi connectivity index (χ1n) is 8.49. The van der Waals surface area contributed by atoms with E-state index in [1.54, 1.807) is 0 Å². The van der Waals surface area contributed by atoms with Gasteiger partial charge in [-0.15, -0.1) is 0 Å². The zero-order valence-electron chi connectivity index (χ0n) is 13.9. The summed E-state index contributed by atoms with van der Waals surface area (Å²) in [6.45, 7) is 9.80. The van der Waals surface area contributed by atoms with Gasteiger partial charge in [0.25, 0.3) is 0 Å². The predicted octanol–water partition coefficient (Wildman–Crippen LogP) is 4.99. The molecule has 21 heavy (non-hydrogen) atoms. The molecule has 2 nitrogen and oxygen atoms in total. The highest BCUT2D eigenvalue weighted by Gasteiger charge is 2.40. The first kappa shape index (κ1) is 16.5. The fraction of sp³-hybridized carbons (Fsp3) is 0.684. The standard InChI is InChI=1S/C19H30O2/c1-5-12-20-19(14(3)6-2)17-13-18(21-15(17)4)16-10-8-7-9-11-16/h7-11,14-15,17-19H,5-6,12-13H2,1-4H3. The highest BCUT2D eigenvalue weighted by molar-refractivity contribution is 5.19. The van der Waals surface area contributed by atoms with E-state index in [0.29, 0.717) is 17.9 Å². The first-order chi connectivity index (χ1) is 10.2. The Kier molecular flexibility index (Phi) is 6.25. The summed E-state index contributed by atoms with van der Waals surface area (Å²) in [5.74, 6) is 1.08. The molecule has 1 aromatic carbocycles. The van der Waals surface area contributed by atoms with Crippen LogP contribution in [0, 0.1) is 11.8 Å². The van der Waals surface area contributed by atoms with Crippen molar-refractivity contribution in [3.8, 4) is 0 Å². The summed E-state index contributed by atoms with van der Waals surface area (Å²) in [4.78, 5) is 0. The molecule has 0 N–H and O–H groups in total. The topological polar surface area (TPSA) is 18.5 Å². The van der Waals surface area contributed by atoms with E-state index in [2.05, 4.69) is 58.0 Å². The third-order valence-corrected chi connectivity index (χ3v) is 4.78. The number of ether oxygens (including phenoxy) is 2. The molecule has 1 aromatic rings. The molecule has 1 saturated heterocycles. The van der Waals surface area contributed by atoms with Gasteiger partial charge >= 0.3 is 0 Å². The molecule has 1 aliphatic rings. The van der Waals surface area contributed by atoms with Crippen LogP contribution in [0.3, 0.4) is 0 Å². The van der Waals surface area contributed by atoms with Crippen LogP contribution in [-0.2, 0) is 9.47 Å². The molecule has 0 radical (unpaired) electrons. The molecule has 0 spiro atoms. The predicted molar refractivity (Wildman–Crippen MR) is 87.3 cm³/mol. The zero-order chi connectivity index (χ0) is 15.2. The maximum Gasteiger partial charge on any atom is 0.0833 e. The van der Waals surface area contributed by atoms with Crippen molar-refractivity contribution < 1.29 is 9.47 Å². The van der Waals surface area contributed by atoms with Gasteiger partial charge in [0, 0.05) is 12.5 Å². The van der Waals surface area contributed by atoms with Crippen molar-refractivity contribution in [3.63, 3.8) is 0 Å². The molecule has 2 rings (SSSR count). The molecule has 1 heterocycles. The van der Waals surface area contributed by atoms with Crippen molar-refractivity contribution in [3.05, 3.63) is 35.9 Å². The second-order valence-corrected chi connectivity index (χ2v) is 6.36. The molecular formula is C19H30O2. The van der Waals surface area contributed by atoms with Crippen molar-refractivity contribution in [2.75, 3.05) is 6.61 Å². The quantitative estimate of drug-likeness (QED) is 0.704. The van der Waals surface area contributed by atoms with Crippen LogP contribution in [0.4, 0.5) is 0 Å². The van der Waals surface area contributed by atoms with E-state index in [-0.39, 0.29) is 12.2 Å². The number of benzene rings is 1. The minimum Gasteiger partial charge on any atom is -0.378 e. The molecule has 0 amide bonds. The van der Waals surface area contributed by atoms with Gasteiger partial charge < -0.3 is 9.47 Å². The van der Waals surface area contributed by atoms with E-state index in [1.807, 2.05) is 0 Å². The number of hydrogen-bond acceptors (Lipinski definition) is 2. The minimum absolute atomic E-state index is 0.225. The minimum atomic E-state index is 0.225. The fourth-order valence-corrected chi connectivity index (χ4v) is 3.33. The van der Waals surface area contributed by atoms with Gasteiger partial charge in [0.05, 0.1) is 18.3 Å². The van der Waals surface area contributed by atoms with E-state index in [0.717, 1.165) is 25.9 Å². The Labute approximate surface area is 129 Å². The van der Waals surface area contributed by atoms with Crippen LogP contribution < -0.4 is 0 Å². The average molecular weight is 290 g/mol. The summed E-state index contributed by atoms with van der Waals surface area (Å²) < 4.78 is 12.4. The summed E-state index contributed by atoms with van der Waals surface area (Å²) in [6, 6.07) is 10.6. The Morgan fingerprint density at radius 1 is 1.24 bits per heavy atom. The largest absolute Gasteiger partial charge is 0.378 e. The van der Waals surface area contributed by atoms with Gasteiger partial charge in [-0.25, -0.2) is 0 Å². The SMILES string of the molecule is CCCOC(C(C)CC)C1CC(c2ccccc2)OC1C. The van der Waals surface area contributed by atoms with Gasteiger partial charge in [-0.2, -0.15) is 0 Å². The Morgan fingerprint density at radius 3 is 2.57 bits per heavy atom. The van der Waals surface area contributed by atoms with Gasteiger partial charge in [-0.3, -0.25) is 0 Å². The third kappa shape index (κ3) is 4.08. The molecule has 1 fully saturated rings. The smallest absolute Gasteiger partial charge is 0.0833 e. The van der Waals surface area contributed by atoms with Crippen LogP contribution in [0.15, 0.2) is 30.3 Å². The van der Waals surface area contributed by atoms with Crippen molar-refractivity contribution >= 4 is 0 Å². The molecule has 5 unspecified atom stereocenters. The van der Waals surface area contributed by atoms with E-state index in [9.17, 15) is 0 Å². The molecule has 0 saturated carbocycles. The van der Waals surface area contributed by atoms with Crippen LogP contribution >= 0.6 is 0 Å². The Bertz CT molecular complexity index is 403. The Morgan fingerprint density at radius 2 is 1.95 bits per heavy atom. The van der Waals surface area contributed by atoms with Gasteiger partial charge in [-0.05, 0) is 31.2 Å². The Balaban J connectivity index is 2.07. The number of hydrogen-bond donors (Lipinski definition) is 0. The molecule has 1 aliphatic heterocycles. The number of rotatable bonds is 7. The van der Waals surface area contributed by atoms with Crippen molar-refractivity contribution in [1.82, 2.24) is 0 Å². The highest BCUT2D eigenvalue weighted by Crippen LogP contribution is 2.41. The van der Waals surface area contributed by atoms with Crippen molar-refractivity contribution in [2.24, 2.45) is 11.8 Å². The van der Waals surface area contributed by atoms with Gasteiger partial charge in [-0.1, -0.05) is 57.5 Å². The van der Waals surface area contributed by atoms with E-state index < -0.39 is 0 Å². The monoisotopic (exact) mass is 290 g/mol. The van der Waals surface area contributed by atoms with Gasteiger partial charge in [0.1, 0.15) is 0 Å². The van der Waals surface area contributed by atoms with Crippen LogP contribution in [0.2, 0.25) is 0 Å². The maximum atomic E-state index is 6.24. The highest BCUT2D eigenvalue weighted by atomic mass is 16.5. The average Bonchev–Trinajstić information content (AvgIpc) is 2.90. The molecule has 0 aliphatic carbocycles. The van der Waals surface area contributed by atoms with Crippen LogP contribution in [0.25, 0.3) is 0 Å². The zero-order valence-corrected chi connectivity index (χ0v) is 13.9. The first-order valence-corrected chi connectivity index (χ1v) is 8.49. The normalized spacial score (nSPS) is 28.5. The van der Waals surface area contributed by atoms with Crippen LogP contribution in [0.1, 0.15) is 58.6 Å². The Hall–Kier alpha value is -0.860. The lowest BCUT2D eigenvalue weighted by atomic mass is 9.84. The lowest BCUT2D eigenvalue weighted by Gasteiger charge is -2.30. The lowest BCUT2D eigenvalue weighted by Crippen LogP contribution is -2.34. The van der Waals surface area contributed by atoms with Crippen LogP contribution in [-0.4, -0.2) is 18.8 Å². The van der Waals surface area contributed by atoms with E-state index in [1.165, 1.54) is 5.56 Å². The van der Waals surface area contributed by atoms with E-state index in [4.69, 9.17) is 9.47 Å². The molecule has 118 valence electrons. The van der Waals surface area contributed by atoms with Gasteiger partial charge in [0.2, 0.25) is 0 Å². The maximum absolute atomic E-state index is 6.24. The molecule has 0 bridgehead atoms. The summed E-state index contributed by atoms with van der Waals surface area (Å²) in [5, 5.41) is 0. The second kappa shape index (κ2) is 7.95. The molecule has 2 heteroatoms. The fourth-order valence-electron chi connectivity index (χ4n) is 3.33. The molecule has 5 atom stereocenters. The van der Waals surface area contributed by atoms with Gasteiger partial charge in [0.15, 0.2) is 0 Å². The summed E-state index contributed by atoms with van der Waals surface area (Å²) >= 11 is 0. The second-order valence-electron chi connectivity index (χ2n) is 6.36. The third-order valence-electron chi connectivity index (χ3n) is 4.78. The van der Waals surface area contributed by atoms with E-state index >= 15 is 0 Å². The van der Waals surface area contributed by atoms with Crippen molar-refractivity contribution in [2.45, 2.75) is 65.3 Å². The van der Waals surface area contributed by atoms with Crippen molar-refractivity contribution in [1.29, 1.82) is 0 Å². The molecular weight excluding hydrogens is 260 g/mol. The summed E-state index contributed by atoms with van der Waals surface area (Å²) in [7, 11) is 0. The summed E-state index contributed by atoms with van der Waals surface area (Å²) in [6.07, 6.45) is 4.13. The lowest BCUT2D eigenvalue weighted by molar-refractivity contribution is -0.0459. The molecule has 0 aromatic heterocycles.